The molecule has 458 valence electrons. The van der Waals surface area contributed by atoms with Crippen LogP contribution in [-0.4, -0.2) is 37.2 Å². The molecule has 0 aliphatic heterocycles. The molecule has 0 heterocycles. The van der Waals surface area contributed by atoms with E-state index in [2.05, 4.69) is 93.7 Å². The van der Waals surface area contributed by atoms with Gasteiger partial charge in [0.15, 0.2) is 6.10 Å². The number of carbonyl (C=O) groups is 3. The van der Waals surface area contributed by atoms with Gasteiger partial charge in [0.2, 0.25) is 0 Å². The summed E-state index contributed by atoms with van der Waals surface area (Å²) < 4.78 is 17.0. The van der Waals surface area contributed by atoms with Crippen LogP contribution in [0.15, 0.2) is 72.9 Å². The van der Waals surface area contributed by atoms with Gasteiger partial charge in [0, 0.05) is 19.3 Å². The van der Waals surface area contributed by atoms with Crippen molar-refractivity contribution in [1.29, 1.82) is 0 Å². The topological polar surface area (TPSA) is 78.9 Å². The molecule has 6 heteroatoms. The summed E-state index contributed by atoms with van der Waals surface area (Å²) in [5.74, 6) is -0.869. The molecular weight excluding hydrogens is 973 g/mol. The zero-order chi connectivity index (χ0) is 57.1. The fourth-order valence-electron chi connectivity index (χ4n) is 10.0. The predicted octanol–water partition coefficient (Wildman–Crippen LogP) is 23.7. The Labute approximate surface area is 491 Å². The second-order valence-electron chi connectivity index (χ2n) is 23.1. The van der Waals surface area contributed by atoms with Gasteiger partial charge >= 0.3 is 17.9 Å². The van der Waals surface area contributed by atoms with E-state index in [0.717, 1.165) is 89.9 Å². The summed E-state index contributed by atoms with van der Waals surface area (Å²) in [7, 11) is 0. The van der Waals surface area contributed by atoms with E-state index in [1.54, 1.807) is 0 Å². The Morgan fingerprint density at radius 3 is 0.797 bits per heavy atom. The first-order valence-electron chi connectivity index (χ1n) is 34.4. The third-order valence-corrected chi connectivity index (χ3v) is 15.2. The van der Waals surface area contributed by atoms with Crippen molar-refractivity contribution in [2.24, 2.45) is 0 Å². The highest BCUT2D eigenvalue weighted by Gasteiger charge is 2.19. The fourth-order valence-corrected chi connectivity index (χ4v) is 10.0. The lowest BCUT2D eigenvalue weighted by Crippen LogP contribution is -2.30. The summed E-state index contributed by atoms with van der Waals surface area (Å²) in [6.45, 7) is 6.55. The van der Waals surface area contributed by atoms with E-state index >= 15 is 0 Å². The van der Waals surface area contributed by atoms with Crippen molar-refractivity contribution in [1.82, 2.24) is 0 Å². The minimum absolute atomic E-state index is 0.0766. The first-order chi connectivity index (χ1) is 39.0. The minimum atomic E-state index is -0.780. The van der Waals surface area contributed by atoms with Crippen molar-refractivity contribution in [3.63, 3.8) is 0 Å². The molecule has 0 amide bonds. The Morgan fingerprint density at radius 1 is 0.266 bits per heavy atom. The molecule has 0 spiro atoms. The summed E-state index contributed by atoms with van der Waals surface area (Å²) in [4.78, 5) is 38.4. The second-order valence-corrected chi connectivity index (χ2v) is 23.1. The Balaban J connectivity index is 4.28. The Kier molecular flexibility index (Phi) is 64.7. The van der Waals surface area contributed by atoms with Gasteiger partial charge in [-0.2, -0.15) is 0 Å². The molecule has 0 aliphatic rings. The van der Waals surface area contributed by atoms with Crippen LogP contribution < -0.4 is 0 Å². The Bertz CT molecular complexity index is 1450. The first-order valence-corrected chi connectivity index (χ1v) is 34.4. The fraction of sp³-hybridized carbons (Fsp3) is 0.795. The summed E-state index contributed by atoms with van der Waals surface area (Å²) in [6, 6.07) is 0. The lowest BCUT2D eigenvalue weighted by atomic mass is 10.0. The number of hydrogen-bond donors (Lipinski definition) is 0. The maximum absolute atomic E-state index is 12.9. The molecule has 0 aromatic rings. The monoisotopic (exact) mass is 1100 g/mol. The quantitative estimate of drug-likeness (QED) is 0.0261. The zero-order valence-corrected chi connectivity index (χ0v) is 52.6. The van der Waals surface area contributed by atoms with Crippen molar-refractivity contribution in [3.8, 4) is 0 Å². The van der Waals surface area contributed by atoms with Crippen molar-refractivity contribution in [2.45, 2.75) is 361 Å². The molecule has 79 heavy (non-hydrogen) atoms. The van der Waals surface area contributed by atoms with E-state index in [4.69, 9.17) is 14.2 Å². The zero-order valence-electron chi connectivity index (χ0n) is 52.6. The van der Waals surface area contributed by atoms with E-state index in [0.29, 0.717) is 19.3 Å². The van der Waals surface area contributed by atoms with Gasteiger partial charge in [0.25, 0.3) is 0 Å². The van der Waals surface area contributed by atoms with Gasteiger partial charge < -0.3 is 14.2 Å². The van der Waals surface area contributed by atoms with Gasteiger partial charge in [0.05, 0.1) is 0 Å². The number of hydrogen-bond acceptors (Lipinski definition) is 6. The Morgan fingerprint density at radius 2 is 0.494 bits per heavy atom. The van der Waals surface area contributed by atoms with Crippen LogP contribution >= 0.6 is 0 Å². The molecule has 1 unspecified atom stereocenters. The predicted molar refractivity (Wildman–Crippen MR) is 344 cm³/mol. The van der Waals surface area contributed by atoms with E-state index in [1.165, 1.54) is 225 Å². The molecule has 0 aromatic carbocycles. The smallest absolute Gasteiger partial charge is 0.306 e. The summed E-state index contributed by atoms with van der Waals surface area (Å²) in [6.07, 6.45) is 87.8. The first kappa shape index (κ1) is 75.8. The summed E-state index contributed by atoms with van der Waals surface area (Å²) in [5.41, 5.74) is 0. The highest BCUT2D eigenvalue weighted by Crippen LogP contribution is 2.17. The van der Waals surface area contributed by atoms with Crippen LogP contribution in [0.4, 0.5) is 0 Å². The third kappa shape index (κ3) is 65.5. The number of unbranched alkanes of at least 4 members (excludes halogenated alkanes) is 40. The molecule has 0 saturated carbocycles. The van der Waals surface area contributed by atoms with Crippen molar-refractivity contribution < 1.29 is 28.6 Å². The van der Waals surface area contributed by atoms with Gasteiger partial charge in [-0.3, -0.25) is 14.4 Å². The molecule has 0 N–H and O–H groups in total. The Hall–Kier alpha value is -3.15. The number of esters is 3. The lowest BCUT2D eigenvalue weighted by Gasteiger charge is -2.18. The molecule has 0 fully saturated rings. The van der Waals surface area contributed by atoms with Crippen LogP contribution in [-0.2, 0) is 28.6 Å². The van der Waals surface area contributed by atoms with Gasteiger partial charge in [0.1, 0.15) is 13.2 Å². The molecule has 0 aromatic heterocycles. The molecule has 0 saturated heterocycles. The lowest BCUT2D eigenvalue weighted by molar-refractivity contribution is -0.167. The minimum Gasteiger partial charge on any atom is -0.462 e. The van der Waals surface area contributed by atoms with Crippen LogP contribution in [0.3, 0.4) is 0 Å². The second kappa shape index (κ2) is 67.4. The maximum Gasteiger partial charge on any atom is 0.306 e. The van der Waals surface area contributed by atoms with Crippen molar-refractivity contribution >= 4 is 17.9 Å². The van der Waals surface area contributed by atoms with Gasteiger partial charge in [-0.1, -0.05) is 299 Å². The summed E-state index contributed by atoms with van der Waals surface area (Å²) in [5, 5.41) is 0. The van der Waals surface area contributed by atoms with Gasteiger partial charge in [-0.05, 0) is 109 Å². The van der Waals surface area contributed by atoms with Crippen LogP contribution in [0.5, 0.6) is 0 Å². The number of allylic oxidation sites excluding steroid dienone is 12. The number of rotatable bonds is 63. The number of carbonyl (C=O) groups excluding carboxylic acids is 3. The highest BCUT2D eigenvalue weighted by molar-refractivity contribution is 5.71. The maximum atomic E-state index is 12.9. The molecule has 0 radical (unpaired) electrons. The normalized spacial score (nSPS) is 12.5. The van der Waals surface area contributed by atoms with E-state index in [-0.39, 0.29) is 31.1 Å². The molecule has 6 nitrogen and oxygen atoms in total. The number of ether oxygens (including phenoxy) is 3. The highest BCUT2D eigenvalue weighted by atomic mass is 16.6. The van der Waals surface area contributed by atoms with E-state index in [1.807, 2.05) is 0 Å². The molecule has 0 aliphatic carbocycles. The van der Waals surface area contributed by atoms with E-state index < -0.39 is 6.10 Å². The molecule has 0 bridgehead atoms. The average molecular weight is 1100 g/mol. The van der Waals surface area contributed by atoms with Crippen molar-refractivity contribution in [3.05, 3.63) is 72.9 Å². The van der Waals surface area contributed by atoms with Crippen LogP contribution in [0.1, 0.15) is 355 Å². The van der Waals surface area contributed by atoms with Crippen LogP contribution in [0.25, 0.3) is 0 Å². The summed E-state index contributed by atoms with van der Waals surface area (Å²) >= 11 is 0. The van der Waals surface area contributed by atoms with Crippen LogP contribution in [0.2, 0.25) is 0 Å². The standard InChI is InChI=1S/C73H130O6/c1-4-7-10-13-16-19-22-25-27-29-31-33-35-36-38-39-41-43-45-48-51-54-57-60-63-66-72(75)78-69-70(68-77-71(74)65-62-59-56-53-50-47-24-21-18-15-12-9-6-3)79-73(76)67-64-61-58-55-52-49-46-44-42-40-37-34-32-30-28-26-23-20-17-14-11-8-5-2/h7,10,16,19,21,24-25,27,30-33,70H,4-6,8-9,11-15,17-18,20,22-23,26,28-29,34-69H2,1-3H3/b10-7-,19-16-,24-21-,27-25-,32-30-,33-31-. The third-order valence-electron chi connectivity index (χ3n) is 15.2. The van der Waals surface area contributed by atoms with Gasteiger partial charge in [-0.25, -0.2) is 0 Å². The van der Waals surface area contributed by atoms with Crippen LogP contribution in [0, 0.1) is 0 Å². The largest absolute Gasteiger partial charge is 0.462 e. The van der Waals surface area contributed by atoms with Gasteiger partial charge in [-0.15, -0.1) is 0 Å². The molecule has 0 rings (SSSR count). The average Bonchev–Trinajstić information content (AvgIpc) is 3.45. The molecular formula is C73H130O6. The molecule has 1 atom stereocenters. The van der Waals surface area contributed by atoms with Crippen molar-refractivity contribution in [2.75, 3.05) is 13.2 Å². The van der Waals surface area contributed by atoms with E-state index in [9.17, 15) is 14.4 Å². The SMILES string of the molecule is CC/C=C\C/C=C\C/C=C\C/C=C\CCCCCCCCCCCCCCC(=O)OCC(COC(=O)CCCCCCC/C=C\CCCCCC)OC(=O)CCCCCCCCCCCCC/C=C\CCCCCCCCCC.